The molecule has 0 aliphatic carbocycles. The fourth-order valence-corrected chi connectivity index (χ4v) is 12.3. The summed E-state index contributed by atoms with van der Waals surface area (Å²) in [4.78, 5) is 13.2. The first kappa shape index (κ1) is 79.7. The molecular weight excluding hydrogens is 1030 g/mol. The second-order valence-corrected chi connectivity index (χ2v) is 26.1. The van der Waals surface area contributed by atoms with E-state index in [4.69, 9.17) is 9.47 Å². The zero-order valence-corrected chi connectivity index (χ0v) is 55.2. The first-order valence-electron chi connectivity index (χ1n) is 37.0. The van der Waals surface area contributed by atoms with Crippen molar-refractivity contribution in [2.45, 2.75) is 429 Å². The van der Waals surface area contributed by atoms with Crippen LogP contribution in [0, 0.1) is 0 Å². The van der Waals surface area contributed by atoms with Crippen molar-refractivity contribution < 1.29 is 39.8 Å². The van der Waals surface area contributed by atoms with Crippen molar-refractivity contribution in [3.63, 3.8) is 0 Å². The molecule has 1 fully saturated rings. The minimum atomic E-state index is -1.55. The number of aliphatic hydroxyl groups is 5. The summed E-state index contributed by atoms with van der Waals surface area (Å²) in [6.07, 6.45) is 77.0. The lowest BCUT2D eigenvalue weighted by molar-refractivity contribution is -0.302. The van der Waals surface area contributed by atoms with E-state index in [1.54, 1.807) is 0 Å². The number of aliphatic hydroxyl groups excluding tert-OH is 5. The minimum absolute atomic E-state index is 0.133. The maximum Gasteiger partial charge on any atom is 0.220 e. The van der Waals surface area contributed by atoms with E-state index in [1.807, 2.05) is 0 Å². The highest BCUT2D eigenvalue weighted by Gasteiger charge is 2.44. The average molecular weight is 1170 g/mol. The van der Waals surface area contributed by atoms with Crippen molar-refractivity contribution in [3.05, 3.63) is 24.3 Å². The van der Waals surface area contributed by atoms with Crippen molar-refractivity contribution >= 4 is 5.91 Å². The third-order valence-corrected chi connectivity index (χ3v) is 18.1. The number of hydrogen-bond donors (Lipinski definition) is 6. The van der Waals surface area contributed by atoms with E-state index in [2.05, 4.69) is 43.5 Å². The van der Waals surface area contributed by atoms with E-state index >= 15 is 0 Å². The van der Waals surface area contributed by atoms with Gasteiger partial charge in [0.15, 0.2) is 6.29 Å². The molecule has 0 aromatic heterocycles. The number of carbonyl (C=O) groups excluding carboxylic acids is 1. The highest BCUT2D eigenvalue weighted by molar-refractivity contribution is 5.76. The molecule has 1 aliphatic rings. The molecule has 1 heterocycles. The van der Waals surface area contributed by atoms with Crippen LogP contribution in [0.2, 0.25) is 0 Å². The Hall–Kier alpha value is -1.33. The monoisotopic (exact) mass is 1170 g/mol. The fourth-order valence-electron chi connectivity index (χ4n) is 12.3. The van der Waals surface area contributed by atoms with Gasteiger partial charge in [0.05, 0.1) is 25.4 Å². The molecule has 83 heavy (non-hydrogen) atoms. The van der Waals surface area contributed by atoms with Crippen LogP contribution < -0.4 is 5.32 Å². The van der Waals surface area contributed by atoms with Crippen molar-refractivity contribution in [2.75, 3.05) is 13.2 Å². The van der Waals surface area contributed by atoms with Gasteiger partial charge in [0, 0.05) is 6.42 Å². The number of unbranched alkanes of at least 4 members (excludes halogenated alkanes) is 52. The predicted molar refractivity (Wildman–Crippen MR) is 355 cm³/mol. The van der Waals surface area contributed by atoms with Crippen LogP contribution in [0.15, 0.2) is 24.3 Å². The summed E-state index contributed by atoms with van der Waals surface area (Å²) in [5, 5.41) is 54.9. The lowest BCUT2D eigenvalue weighted by atomic mass is 9.99. The van der Waals surface area contributed by atoms with Crippen LogP contribution in [0.1, 0.15) is 386 Å². The summed E-state index contributed by atoms with van der Waals surface area (Å²) < 4.78 is 11.4. The van der Waals surface area contributed by atoms with E-state index in [0.29, 0.717) is 12.8 Å². The number of carbonyl (C=O) groups is 1. The first-order valence-corrected chi connectivity index (χ1v) is 37.0. The molecule has 1 amide bonds. The quantitative estimate of drug-likeness (QED) is 0.0261. The van der Waals surface area contributed by atoms with Crippen molar-refractivity contribution in [2.24, 2.45) is 0 Å². The molecule has 0 aromatic rings. The number of amides is 1. The van der Waals surface area contributed by atoms with Gasteiger partial charge in [0.25, 0.3) is 0 Å². The Kier molecular flexibility index (Phi) is 61.1. The number of hydrogen-bond acceptors (Lipinski definition) is 8. The molecule has 7 unspecified atom stereocenters. The van der Waals surface area contributed by atoms with Gasteiger partial charge >= 0.3 is 0 Å². The lowest BCUT2D eigenvalue weighted by Gasteiger charge is -2.40. The standard InChI is InChI=1S/C74H143NO8/c1-3-5-7-9-11-13-15-17-19-21-23-25-26-27-28-29-30-31-32-33-34-35-36-37-38-39-40-41-42-44-46-48-50-52-54-56-58-60-62-64-70(78)75-67(66-82-74-73(81)72(80)71(79)69(65-76)83-74)68(77)63-61-59-57-55-53-51-49-47-45-43-24-22-20-18-16-14-12-10-8-6-4-2/h30-31,33-34,67-69,71-74,76-77,79-81H,3-29,32,35-66H2,1-2H3,(H,75,78)/b31-30-,34-33-. The van der Waals surface area contributed by atoms with Crippen LogP contribution >= 0.6 is 0 Å². The van der Waals surface area contributed by atoms with E-state index < -0.39 is 49.5 Å². The largest absolute Gasteiger partial charge is 0.394 e. The normalized spacial score (nSPS) is 18.3. The number of ether oxygens (including phenoxy) is 2. The van der Waals surface area contributed by atoms with E-state index in [9.17, 15) is 30.3 Å². The molecule has 0 aromatic carbocycles. The number of rotatable bonds is 66. The number of allylic oxidation sites excluding steroid dienone is 4. The van der Waals surface area contributed by atoms with Gasteiger partial charge in [-0.1, -0.05) is 359 Å². The molecule has 0 saturated carbocycles. The van der Waals surface area contributed by atoms with Gasteiger partial charge in [-0.25, -0.2) is 0 Å². The molecule has 0 spiro atoms. The Morgan fingerprint density at radius 3 is 1.04 bits per heavy atom. The molecule has 492 valence electrons. The van der Waals surface area contributed by atoms with Crippen LogP contribution in [0.4, 0.5) is 0 Å². The summed E-state index contributed by atoms with van der Waals surface area (Å²) in [6.45, 7) is 3.90. The topological polar surface area (TPSA) is 149 Å². The average Bonchev–Trinajstić information content (AvgIpc) is 3.60. The predicted octanol–water partition coefficient (Wildman–Crippen LogP) is 20.4. The van der Waals surface area contributed by atoms with Crippen molar-refractivity contribution in [3.8, 4) is 0 Å². The van der Waals surface area contributed by atoms with E-state index in [1.165, 1.54) is 315 Å². The van der Waals surface area contributed by atoms with Gasteiger partial charge in [-0.05, 0) is 44.9 Å². The van der Waals surface area contributed by atoms with Gasteiger partial charge in [-0.15, -0.1) is 0 Å². The smallest absolute Gasteiger partial charge is 0.220 e. The summed E-state index contributed by atoms with van der Waals surface area (Å²) in [5.41, 5.74) is 0. The Labute approximate surface area is 515 Å². The molecule has 0 bridgehead atoms. The molecule has 9 heteroatoms. The van der Waals surface area contributed by atoms with Crippen LogP contribution in [-0.2, 0) is 14.3 Å². The van der Waals surface area contributed by atoms with Crippen molar-refractivity contribution in [1.29, 1.82) is 0 Å². The van der Waals surface area contributed by atoms with Gasteiger partial charge in [0.1, 0.15) is 24.4 Å². The van der Waals surface area contributed by atoms with Crippen molar-refractivity contribution in [1.82, 2.24) is 5.32 Å². The Morgan fingerprint density at radius 1 is 0.410 bits per heavy atom. The third kappa shape index (κ3) is 52.3. The van der Waals surface area contributed by atoms with Gasteiger partial charge in [0.2, 0.25) is 5.91 Å². The summed E-state index contributed by atoms with van der Waals surface area (Å²) in [5.74, 6) is -0.136. The molecule has 1 saturated heterocycles. The lowest BCUT2D eigenvalue weighted by Crippen LogP contribution is -2.60. The molecule has 7 atom stereocenters. The first-order chi connectivity index (χ1) is 40.8. The molecular formula is C74H143NO8. The molecule has 9 nitrogen and oxygen atoms in total. The Bertz CT molecular complexity index is 1360. The van der Waals surface area contributed by atoms with Gasteiger partial charge < -0.3 is 40.3 Å². The maximum atomic E-state index is 13.2. The van der Waals surface area contributed by atoms with Gasteiger partial charge in [-0.3, -0.25) is 4.79 Å². The van der Waals surface area contributed by atoms with Crippen LogP contribution in [0.25, 0.3) is 0 Å². The maximum absolute atomic E-state index is 13.2. The third-order valence-electron chi connectivity index (χ3n) is 18.1. The van der Waals surface area contributed by atoms with Crippen LogP contribution in [0.3, 0.4) is 0 Å². The number of nitrogens with one attached hydrogen (secondary N) is 1. The Balaban J connectivity index is 2.05. The molecule has 1 aliphatic heterocycles. The molecule has 0 radical (unpaired) electrons. The Morgan fingerprint density at radius 2 is 0.711 bits per heavy atom. The summed E-state index contributed by atoms with van der Waals surface area (Å²) >= 11 is 0. The van der Waals surface area contributed by atoms with E-state index in [0.717, 1.165) is 44.9 Å². The van der Waals surface area contributed by atoms with Crippen LogP contribution in [-0.4, -0.2) is 87.5 Å². The minimum Gasteiger partial charge on any atom is -0.394 e. The van der Waals surface area contributed by atoms with Gasteiger partial charge in [-0.2, -0.15) is 0 Å². The summed E-state index contributed by atoms with van der Waals surface area (Å²) in [6, 6.07) is -0.718. The fraction of sp³-hybridized carbons (Fsp3) is 0.932. The highest BCUT2D eigenvalue weighted by atomic mass is 16.7. The zero-order valence-electron chi connectivity index (χ0n) is 55.2. The molecule has 6 N–H and O–H groups in total. The summed E-state index contributed by atoms with van der Waals surface area (Å²) in [7, 11) is 0. The second-order valence-electron chi connectivity index (χ2n) is 26.1. The highest BCUT2D eigenvalue weighted by Crippen LogP contribution is 2.24. The SMILES string of the molecule is CCCCCCCCCCCCCCCCC/C=C\C/C=C\CCCCCCCCCCCCCCCCCCCC(=O)NC(COC1OC(CO)C(O)C(O)C1O)C(O)CCCCCCCCCCCCCCCCCCCCCCC. The van der Waals surface area contributed by atoms with Crippen LogP contribution in [0.5, 0.6) is 0 Å². The zero-order chi connectivity index (χ0) is 60.0. The second kappa shape index (κ2) is 63.7. The molecule has 1 rings (SSSR count). The van der Waals surface area contributed by atoms with E-state index in [-0.39, 0.29) is 12.5 Å².